The average Bonchev–Trinajstić information content (AvgIpc) is 2.05. The van der Waals surface area contributed by atoms with Crippen LogP contribution in [0.1, 0.15) is 33.1 Å². The van der Waals surface area contributed by atoms with Gasteiger partial charge in [0.2, 0.25) is 0 Å². The molecule has 0 aromatic heterocycles. The summed E-state index contributed by atoms with van der Waals surface area (Å²) in [6.45, 7) is 6.39. The summed E-state index contributed by atoms with van der Waals surface area (Å²) in [5, 5.41) is 0. The molecule has 1 fully saturated rings. The van der Waals surface area contributed by atoms with Crippen LogP contribution >= 0.6 is 0 Å². The van der Waals surface area contributed by atoms with E-state index in [1.807, 2.05) is 0 Å². The number of rotatable bonds is 2. The Balaban J connectivity index is 2.32. The number of hydrogen-bond donors (Lipinski definition) is 0. The smallest absolute Gasteiger partial charge is 0.135 e. The molecule has 0 aliphatic carbocycles. The first-order valence-electron chi connectivity index (χ1n) is 4.49. The number of nitrogens with zero attached hydrogens (tertiary/aromatic N) is 1. The van der Waals surface area contributed by atoms with Crippen LogP contribution in [-0.2, 0) is 4.79 Å². The van der Waals surface area contributed by atoms with Crippen LogP contribution in [0.2, 0.25) is 0 Å². The van der Waals surface area contributed by atoms with Gasteiger partial charge >= 0.3 is 0 Å². The van der Waals surface area contributed by atoms with Crippen molar-refractivity contribution in [1.82, 2.24) is 4.90 Å². The topological polar surface area (TPSA) is 20.3 Å². The lowest BCUT2D eigenvalue weighted by molar-refractivity contribution is -0.121. The fourth-order valence-corrected chi connectivity index (χ4v) is 1.47. The molecule has 1 aliphatic rings. The molecule has 1 aliphatic heterocycles. The number of Topliss-reactive ketones (excluding diaryl/α,β-unsaturated/α-hetero) is 1. The predicted molar refractivity (Wildman–Crippen MR) is 45.6 cm³/mol. The van der Waals surface area contributed by atoms with E-state index in [9.17, 15) is 4.79 Å². The zero-order valence-corrected chi connectivity index (χ0v) is 7.47. The van der Waals surface area contributed by atoms with Gasteiger partial charge < -0.3 is 0 Å². The normalized spacial score (nSPS) is 23.6. The van der Waals surface area contributed by atoms with Crippen molar-refractivity contribution < 1.29 is 4.79 Å². The minimum atomic E-state index is 0.435. The van der Waals surface area contributed by atoms with Crippen LogP contribution in [0.4, 0.5) is 0 Å². The average molecular weight is 155 g/mol. The number of carbonyl (C=O) groups is 1. The van der Waals surface area contributed by atoms with E-state index >= 15 is 0 Å². The second-order valence-electron chi connectivity index (χ2n) is 3.33. The second kappa shape index (κ2) is 3.86. The Bertz CT molecular complexity index is 134. The van der Waals surface area contributed by atoms with Crippen molar-refractivity contribution in [3.05, 3.63) is 0 Å². The van der Waals surface area contributed by atoms with Gasteiger partial charge in [-0.25, -0.2) is 0 Å². The zero-order chi connectivity index (χ0) is 8.27. The van der Waals surface area contributed by atoms with Crippen LogP contribution in [0.5, 0.6) is 0 Å². The van der Waals surface area contributed by atoms with Gasteiger partial charge in [-0.3, -0.25) is 9.69 Å². The monoisotopic (exact) mass is 155 g/mol. The Morgan fingerprint density at radius 2 is 2.00 bits per heavy atom. The summed E-state index contributed by atoms with van der Waals surface area (Å²) in [5.74, 6) is 0.435. The number of piperidine rings is 1. The summed E-state index contributed by atoms with van der Waals surface area (Å²) in [6.07, 6.45) is 2.73. The SMILES string of the molecule is CC[C@@H](C)N1CCC(=O)CC1. The van der Waals surface area contributed by atoms with Crippen LogP contribution in [0.25, 0.3) is 0 Å². The molecule has 1 rings (SSSR count). The number of likely N-dealkylation sites (tertiary alicyclic amines) is 1. The van der Waals surface area contributed by atoms with Gasteiger partial charge in [0, 0.05) is 32.0 Å². The minimum Gasteiger partial charge on any atom is -0.300 e. The third-order valence-electron chi connectivity index (χ3n) is 2.57. The molecular formula is C9H17NO. The first-order valence-corrected chi connectivity index (χ1v) is 4.49. The molecule has 0 bridgehead atoms. The largest absolute Gasteiger partial charge is 0.300 e. The van der Waals surface area contributed by atoms with E-state index in [0.717, 1.165) is 25.9 Å². The maximum absolute atomic E-state index is 10.9. The molecular weight excluding hydrogens is 138 g/mol. The molecule has 1 saturated heterocycles. The van der Waals surface area contributed by atoms with Crippen molar-refractivity contribution >= 4 is 5.78 Å². The first-order chi connectivity index (χ1) is 5.24. The molecule has 0 saturated carbocycles. The lowest BCUT2D eigenvalue weighted by atomic mass is 10.1. The number of ketones is 1. The predicted octanol–water partition coefficient (Wildman–Crippen LogP) is 1.45. The third kappa shape index (κ3) is 2.29. The van der Waals surface area contributed by atoms with E-state index in [1.165, 1.54) is 6.42 Å². The molecule has 0 radical (unpaired) electrons. The maximum atomic E-state index is 10.9. The van der Waals surface area contributed by atoms with E-state index < -0.39 is 0 Å². The molecule has 0 unspecified atom stereocenters. The van der Waals surface area contributed by atoms with Crippen molar-refractivity contribution in [2.24, 2.45) is 0 Å². The van der Waals surface area contributed by atoms with Crippen molar-refractivity contribution in [1.29, 1.82) is 0 Å². The highest BCUT2D eigenvalue weighted by molar-refractivity contribution is 5.79. The van der Waals surface area contributed by atoms with E-state index in [4.69, 9.17) is 0 Å². The fourth-order valence-electron chi connectivity index (χ4n) is 1.47. The minimum absolute atomic E-state index is 0.435. The molecule has 2 nitrogen and oxygen atoms in total. The highest BCUT2D eigenvalue weighted by Crippen LogP contribution is 2.11. The van der Waals surface area contributed by atoms with Crippen LogP contribution in [-0.4, -0.2) is 29.8 Å². The molecule has 1 atom stereocenters. The van der Waals surface area contributed by atoms with Crippen molar-refractivity contribution in [2.75, 3.05) is 13.1 Å². The quantitative estimate of drug-likeness (QED) is 0.601. The molecule has 64 valence electrons. The Kier molecular flexibility index (Phi) is 3.06. The molecule has 0 aromatic rings. The van der Waals surface area contributed by atoms with Crippen LogP contribution in [0.15, 0.2) is 0 Å². The third-order valence-corrected chi connectivity index (χ3v) is 2.57. The van der Waals surface area contributed by atoms with Gasteiger partial charge in [-0.15, -0.1) is 0 Å². The molecule has 11 heavy (non-hydrogen) atoms. The summed E-state index contributed by atoms with van der Waals surface area (Å²) >= 11 is 0. The first kappa shape index (κ1) is 8.72. The van der Waals surface area contributed by atoms with E-state index in [1.54, 1.807) is 0 Å². The summed E-state index contributed by atoms with van der Waals surface area (Å²) in [7, 11) is 0. The zero-order valence-electron chi connectivity index (χ0n) is 7.47. The van der Waals surface area contributed by atoms with Crippen LogP contribution in [0, 0.1) is 0 Å². The second-order valence-corrected chi connectivity index (χ2v) is 3.33. The lowest BCUT2D eigenvalue weighted by Gasteiger charge is -2.30. The summed E-state index contributed by atoms with van der Waals surface area (Å²) in [6, 6.07) is 0.656. The van der Waals surface area contributed by atoms with Crippen molar-refractivity contribution in [3.8, 4) is 0 Å². The highest BCUT2D eigenvalue weighted by Gasteiger charge is 2.18. The molecule has 1 heterocycles. The number of carbonyl (C=O) groups excluding carboxylic acids is 1. The Hall–Kier alpha value is -0.370. The molecule has 2 heteroatoms. The maximum Gasteiger partial charge on any atom is 0.135 e. The van der Waals surface area contributed by atoms with E-state index in [2.05, 4.69) is 18.7 Å². The summed E-state index contributed by atoms with van der Waals surface area (Å²) in [5.41, 5.74) is 0. The van der Waals surface area contributed by atoms with Gasteiger partial charge in [0.25, 0.3) is 0 Å². The number of hydrogen-bond acceptors (Lipinski definition) is 2. The Morgan fingerprint density at radius 1 is 1.45 bits per heavy atom. The summed E-state index contributed by atoms with van der Waals surface area (Å²) < 4.78 is 0. The van der Waals surface area contributed by atoms with E-state index in [0.29, 0.717) is 11.8 Å². The van der Waals surface area contributed by atoms with Gasteiger partial charge in [0.15, 0.2) is 0 Å². The highest BCUT2D eigenvalue weighted by atomic mass is 16.1. The lowest BCUT2D eigenvalue weighted by Crippen LogP contribution is -2.39. The van der Waals surface area contributed by atoms with Crippen LogP contribution < -0.4 is 0 Å². The Morgan fingerprint density at radius 3 is 2.45 bits per heavy atom. The Labute approximate surface area is 68.6 Å². The standard InChI is InChI=1S/C9H17NO/c1-3-8(2)10-6-4-9(11)5-7-10/h8H,3-7H2,1-2H3/t8-/m1/s1. The van der Waals surface area contributed by atoms with Gasteiger partial charge in [-0.1, -0.05) is 6.92 Å². The molecule has 0 aromatic carbocycles. The van der Waals surface area contributed by atoms with Gasteiger partial charge in [0.05, 0.1) is 0 Å². The van der Waals surface area contributed by atoms with Gasteiger partial charge in [0.1, 0.15) is 5.78 Å². The van der Waals surface area contributed by atoms with Crippen molar-refractivity contribution in [2.45, 2.75) is 39.2 Å². The van der Waals surface area contributed by atoms with E-state index in [-0.39, 0.29) is 0 Å². The van der Waals surface area contributed by atoms with Crippen molar-refractivity contribution in [3.63, 3.8) is 0 Å². The van der Waals surface area contributed by atoms with Crippen LogP contribution in [0.3, 0.4) is 0 Å². The molecule has 0 spiro atoms. The van der Waals surface area contributed by atoms with Gasteiger partial charge in [-0.05, 0) is 13.3 Å². The molecule has 0 N–H and O–H groups in total. The fraction of sp³-hybridized carbons (Fsp3) is 0.889. The van der Waals surface area contributed by atoms with Gasteiger partial charge in [-0.2, -0.15) is 0 Å². The molecule has 0 amide bonds. The summed E-state index contributed by atoms with van der Waals surface area (Å²) in [4.78, 5) is 13.3.